The Balaban J connectivity index is 1.52. The SMILES string of the molecule is COc1cc(C)ccc1OCC(=O)Nc1cccc(C(=O)NCC2CCCO2)c1. The molecule has 1 aliphatic rings. The number of amides is 2. The van der Waals surface area contributed by atoms with E-state index in [2.05, 4.69) is 10.6 Å². The van der Waals surface area contributed by atoms with Crippen LogP contribution in [0.15, 0.2) is 42.5 Å². The first kappa shape index (κ1) is 20.7. The molecule has 0 aromatic heterocycles. The second-order valence-electron chi connectivity index (χ2n) is 6.92. The smallest absolute Gasteiger partial charge is 0.262 e. The average Bonchev–Trinajstić information content (AvgIpc) is 3.25. The van der Waals surface area contributed by atoms with E-state index in [-0.39, 0.29) is 24.5 Å². The molecule has 2 aromatic carbocycles. The van der Waals surface area contributed by atoms with Crippen LogP contribution in [0.1, 0.15) is 28.8 Å². The molecule has 7 nitrogen and oxygen atoms in total. The zero-order valence-corrected chi connectivity index (χ0v) is 16.7. The van der Waals surface area contributed by atoms with E-state index in [1.165, 1.54) is 0 Å². The first-order valence-corrected chi connectivity index (χ1v) is 9.62. The minimum absolute atomic E-state index is 0.0812. The summed E-state index contributed by atoms with van der Waals surface area (Å²) in [7, 11) is 1.55. The van der Waals surface area contributed by atoms with Gasteiger partial charge in [0.15, 0.2) is 18.1 Å². The van der Waals surface area contributed by atoms with Crippen molar-refractivity contribution in [3.63, 3.8) is 0 Å². The number of anilines is 1. The number of rotatable bonds is 8. The van der Waals surface area contributed by atoms with Gasteiger partial charge in [-0.05, 0) is 55.7 Å². The summed E-state index contributed by atoms with van der Waals surface area (Å²) >= 11 is 0. The van der Waals surface area contributed by atoms with E-state index in [1.807, 2.05) is 19.1 Å². The van der Waals surface area contributed by atoms with Crippen LogP contribution in [0.4, 0.5) is 5.69 Å². The van der Waals surface area contributed by atoms with Crippen LogP contribution in [0.3, 0.4) is 0 Å². The molecule has 2 aromatic rings. The maximum atomic E-state index is 12.3. The van der Waals surface area contributed by atoms with Crippen molar-refractivity contribution in [2.75, 3.05) is 32.2 Å². The average molecular weight is 398 g/mol. The molecule has 2 amide bonds. The fourth-order valence-corrected chi connectivity index (χ4v) is 3.09. The third kappa shape index (κ3) is 5.96. The van der Waals surface area contributed by atoms with Crippen LogP contribution >= 0.6 is 0 Å². The van der Waals surface area contributed by atoms with Crippen LogP contribution in [-0.4, -0.2) is 44.8 Å². The van der Waals surface area contributed by atoms with Gasteiger partial charge in [-0.2, -0.15) is 0 Å². The van der Waals surface area contributed by atoms with Crippen molar-refractivity contribution in [1.29, 1.82) is 0 Å². The van der Waals surface area contributed by atoms with Gasteiger partial charge in [-0.3, -0.25) is 9.59 Å². The molecule has 1 heterocycles. The van der Waals surface area contributed by atoms with Crippen LogP contribution in [0.2, 0.25) is 0 Å². The fraction of sp³-hybridized carbons (Fsp3) is 0.364. The summed E-state index contributed by atoms with van der Waals surface area (Å²) in [5.41, 5.74) is 2.04. The van der Waals surface area contributed by atoms with E-state index < -0.39 is 0 Å². The second kappa shape index (κ2) is 9.93. The lowest BCUT2D eigenvalue weighted by Gasteiger charge is -2.13. The van der Waals surface area contributed by atoms with Gasteiger partial charge in [-0.1, -0.05) is 12.1 Å². The maximum Gasteiger partial charge on any atom is 0.262 e. The predicted octanol–water partition coefficient (Wildman–Crippen LogP) is 2.93. The Kier molecular flexibility index (Phi) is 7.08. The van der Waals surface area contributed by atoms with Crippen molar-refractivity contribution < 1.29 is 23.8 Å². The first-order valence-electron chi connectivity index (χ1n) is 9.62. The van der Waals surface area contributed by atoms with Gasteiger partial charge < -0.3 is 24.8 Å². The van der Waals surface area contributed by atoms with Crippen LogP contribution in [-0.2, 0) is 9.53 Å². The van der Waals surface area contributed by atoms with Crippen LogP contribution in [0, 0.1) is 6.92 Å². The van der Waals surface area contributed by atoms with E-state index in [0.29, 0.717) is 29.3 Å². The molecule has 1 aliphatic heterocycles. The molecule has 1 saturated heterocycles. The zero-order valence-electron chi connectivity index (χ0n) is 16.7. The van der Waals surface area contributed by atoms with E-state index >= 15 is 0 Å². The summed E-state index contributed by atoms with van der Waals surface area (Å²) in [6.45, 7) is 3.01. The number of hydrogen-bond acceptors (Lipinski definition) is 5. The van der Waals surface area contributed by atoms with Crippen molar-refractivity contribution >= 4 is 17.5 Å². The molecule has 3 rings (SSSR count). The lowest BCUT2D eigenvalue weighted by atomic mass is 10.1. The normalized spacial score (nSPS) is 15.6. The number of ether oxygens (including phenoxy) is 3. The van der Waals surface area contributed by atoms with E-state index in [4.69, 9.17) is 14.2 Å². The highest BCUT2D eigenvalue weighted by molar-refractivity contribution is 5.97. The number of hydrogen-bond donors (Lipinski definition) is 2. The zero-order chi connectivity index (χ0) is 20.6. The number of nitrogens with one attached hydrogen (secondary N) is 2. The molecule has 0 bridgehead atoms. The maximum absolute atomic E-state index is 12.3. The summed E-state index contributed by atoms with van der Waals surface area (Å²) in [5, 5.41) is 5.61. The monoisotopic (exact) mass is 398 g/mol. The van der Waals surface area contributed by atoms with Crippen molar-refractivity contribution in [3.8, 4) is 11.5 Å². The molecule has 1 fully saturated rings. The third-order valence-electron chi connectivity index (χ3n) is 4.60. The Labute approximate surface area is 170 Å². The van der Waals surface area contributed by atoms with Gasteiger partial charge in [0.25, 0.3) is 11.8 Å². The number of benzene rings is 2. The van der Waals surface area contributed by atoms with E-state index in [0.717, 1.165) is 25.0 Å². The Hall–Kier alpha value is -3.06. The Bertz CT molecular complexity index is 862. The molecular formula is C22H26N2O5. The van der Waals surface area contributed by atoms with Gasteiger partial charge in [0, 0.05) is 24.4 Å². The standard InChI is InChI=1S/C22H26N2O5/c1-15-8-9-19(20(11-15)27-2)29-14-21(25)24-17-6-3-5-16(12-17)22(26)23-13-18-7-4-10-28-18/h3,5-6,8-9,11-12,18H,4,7,10,13-14H2,1-2H3,(H,23,26)(H,24,25). The van der Waals surface area contributed by atoms with Crippen molar-refractivity contribution in [2.45, 2.75) is 25.9 Å². The molecule has 0 spiro atoms. The quantitative estimate of drug-likeness (QED) is 0.714. The molecule has 154 valence electrons. The molecule has 0 aliphatic carbocycles. The predicted molar refractivity (Wildman–Crippen MR) is 110 cm³/mol. The van der Waals surface area contributed by atoms with Crippen LogP contribution in [0.5, 0.6) is 11.5 Å². The number of carbonyl (C=O) groups excluding carboxylic acids is 2. The topological polar surface area (TPSA) is 85.9 Å². The van der Waals surface area contributed by atoms with Gasteiger partial charge in [0.05, 0.1) is 13.2 Å². The highest BCUT2D eigenvalue weighted by Crippen LogP contribution is 2.27. The van der Waals surface area contributed by atoms with Gasteiger partial charge >= 0.3 is 0 Å². The van der Waals surface area contributed by atoms with Gasteiger partial charge in [-0.25, -0.2) is 0 Å². The summed E-state index contributed by atoms with van der Waals surface area (Å²) < 4.78 is 16.3. The Morgan fingerprint density at radius 2 is 2.03 bits per heavy atom. The minimum Gasteiger partial charge on any atom is -0.493 e. The molecular weight excluding hydrogens is 372 g/mol. The largest absolute Gasteiger partial charge is 0.493 e. The molecule has 7 heteroatoms. The van der Waals surface area contributed by atoms with Crippen molar-refractivity contribution in [1.82, 2.24) is 5.32 Å². The summed E-state index contributed by atoms with van der Waals surface area (Å²) in [4.78, 5) is 24.6. The van der Waals surface area contributed by atoms with Gasteiger partial charge in [0.2, 0.25) is 0 Å². The van der Waals surface area contributed by atoms with Gasteiger partial charge in [0.1, 0.15) is 0 Å². The van der Waals surface area contributed by atoms with E-state index in [1.54, 1.807) is 37.4 Å². The highest BCUT2D eigenvalue weighted by atomic mass is 16.5. The third-order valence-corrected chi connectivity index (χ3v) is 4.60. The molecule has 0 radical (unpaired) electrons. The fourth-order valence-electron chi connectivity index (χ4n) is 3.09. The molecule has 0 saturated carbocycles. The van der Waals surface area contributed by atoms with Crippen LogP contribution in [0.25, 0.3) is 0 Å². The van der Waals surface area contributed by atoms with Gasteiger partial charge in [-0.15, -0.1) is 0 Å². The number of methoxy groups -OCH3 is 1. The van der Waals surface area contributed by atoms with Crippen molar-refractivity contribution in [2.24, 2.45) is 0 Å². The Morgan fingerprint density at radius 3 is 2.79 bits per heavy atom. The molecule has 2 N–H and O–H groups in total. The summed E-state index contributed by atoms with van der Waals surface area (Å²) in [6.07, 6.45) is 2.07. The molecule has 29 heavy (non-hydrogen) atoms. The lowest BCUT2D eigenvalue weighted by Crippen LogP contribution is -2.31. The Morgan fingerprint density at radius 1 is 1.17 bits per heavy atom. The first-order chi connectivity index (χ1) is 14.0. The number of aryl methyl sites for hydroxylation is 1. The van der Waals surface area contributed by atoms with E-state index in [9.17, 15) is 9.59 Å². The highest BCUT2D eigenvalue weighted by Gasteiger charge is 2.17. The second-order valence-corrected chi connectivity index (χ2v) is 6.92. The molecule has 1 atom stereocenters. The lowest BCUT2D eigenvalue weighted by molar-refractivity contribution is -0.118. The van der Waals surface area contributed by atoms with Crippen molar-refractivity contribution in [3.05, 3.63) is 53.6 Å². The van der Waals surface area contributed by atoms with Crippen LogP contribution < -0.4 is 20.1 Å². The molecule has 1 unspecified atom stereocenters. The summed E-state index contributed by atoms with van der Waals surface area (Å²) in [5.74, 6) is 0.542. The number of carbonyl (C=O) groups is 2. The minimum atomic E-state index is -0.329. The summed E-state index contributed by atoms with van der Waals surface area (Å²) in [6, 6.07) is 12.3.